The molecule has 0 saturated carbocycles. The van der Waals surface area contributed by atoms with Gasteiger partial charge < -0.3 is 5.32 Å². The maximum absolute atomic E-state index is 12.6. The van der Waals surface area contributed by atoms with Crippen molar-refractivity contribution in [2.45, 2.75) is 0 Å². The monoisotopic (exact) mass is 345 g/mol. The van der Waals surface area contributed by atoms with Crippen LogP contribution in [0, 0.1) is 5.41 Å². The minimum absolute atomic E-state index is 0.617. The summed E-state index contributed by atoms with van der Waals surface area (Å²) in [6.07, 6.45) is 3.10. The smallest absolute Gasteiger partial charge is 0.328 e. The molecule has 2 aliphatic rings. The Kier molecular flexibility index (Phi) is 3.65. The van der Waals surface area contributed by atoms with Gasteiger partial charge in [-0.25, -0.2) is 4.79 Å². The summed E-state index contributed by atoms with van der Waals surface area (Å²) < 4.78 is 0. The summed E-state index contributed by atoms with van der Waals surface area (Å²) >= 11 is 0. The molecular formula is C20H15N3O3. The van der Waals surface area contributed by atoms with Crippen molar-refractivity contribution >= 4 is 29.2 Å². The van der Waals surface area contributed by atoms with E-state index in [1.54, 1.807) is 12.2 Å². The van der Waals surface area contributed by atoms with E-state index in [9.17, 15) is 14.4 Å². The molecule has 1 saturated heterocycles. The van der Waals surface area contributed by atoms with E-state index in [-0.39, 0.29) is 0 Å². The van der Waals surface area contributed by atoms with Crippen LogP contribution in [-0.4, -0.2) is 17.8 Å². The molecule has 3 N–H and O–H groups in total. The fourth-order valence-electron chi connectivity index (χ4n) is 3.07. The normalized spacial score (nSPS) is 18.4. The summed E-state index contributed by atoms with van der Waals surface area (Å²) in [5, 5.41) is 7.66. The number of barbiturate groups is 1. The minimum atomic E-state index is -1.60. The third kappa shape index (κ3) is 2.57. The van der Waals surface area contributed by atoms with E-state index in [4.69, 9.17) is 0 Å². The maximum Gasteiger partial charge on any atom is 0.328 e. The van der Waals surface area contributed by atoms with Gasteiger partial charge in [0.2, 0.25) is 0 Å². The van der Waals surface area contributed by atoms with Crippen LogP contribution in [-0.2, 0) is 9.59 Å². The molecule has 1 spiro atoms. The van der Waals surface area contributed by atoms with Gasteiger partial charge in [-0.15, -0.1) is 0 Å². The van der Waals surface area contributed by atoms with Crippen LogP contribution >= 0.6 is 0 Å². The van der Waals surface area contributed by atoms with Crippen molar-refractivity contribution in [1.82, 2.24) is 16.0 Å². The van der Waals surface area contributed by atoms with Crippen LogP contribution in [0.25, 0.3) is 11.4 Å². The zero-order valence-corrected chi connectivity index (χ0v) is 13.7. The van der Waals surface area contributed by atoms with Gasteiger partial charge in [0.25, 0.3) is 11.8 Å². The molecule has 4 amide bonds. The van der Waals surface area contributed by atoms with Gasteiger partial charge in [-0.1, -0.05) is 60.7 Å². The fourth-order valence-corrected chi connectivity index (χ4v) is 3.07. The second-order valence-corrected chi connectivity index (χ2v) is 6.08. The lowest BCUT2D eigenvalue weighted by Crippen LogP contribution is -2.61. The number of benzene rings is 2. The zero-order valence-electron chi connectivity index (χ0n) is 13.7. The Labute approximate surface area is 149 Å². The van der Waals surface area contributed by atoms with Gasteiger partial charge >= 0.3 is 6.03 Å². The molecule has 1 fully saturated rings. The Balaban J connectivity index is 1.89. The Hall–Kier alpha value is -3.67. The Bertz CT molecular complexity index is 885. The van der Waals surface area contributed by atoms with Gasteiger partial charge in [-0.3, -0.25) is 20.2 Å². The number of rotatable bonds is 2. The summed E-state index contributed by atoms with van der Waals surface area (Å²) in [5.74, 6) is -1.34. The van der Waals surface area contributed by atoms with Crippen molar-refractivity contribution in [3.63, 3.8) is 0 Å². The first-order chi connectivity index (χ1) is 12.6. The quantitative estimate of drug-likeness (QED) is 0.727. The molecule has 6 heteroatoms. The molecule has 0 radical (unpaired) electrons. The predicted molar refractivity (Wildman–Crippen MR) is 96.1 cm³/mol. The molecule has 6 nitrogen and oxygen atoms in total. The lowest BCUT2D eigenvalue weighted by Gasteiger charge is -2.34. The summed E-state index contributed by atoms with van der Waals surface area (Å²) in [5.41, 5.74) is 1.28. The first kappa shape index (κ1) is 15.8. The van der Waals surface area contributed by atoms with Crippen molar-refractivity contribution in [3.8, 4) is 0 Å². The summed E-state index contributed by atoms with van der Waals surface area (Å²) in [6, 6.07) is 18.0. The van der Waals surface area contributed by atoms with E-state index in [1.807, 2.05) is 60.7 Å². The lowest BCUT2D eigenvalue weighted by molar-refractivity contribution is -0.138. The highest BCUT2D eigenvalue weighted by Gasteiger charge is 2.49. The molecule has 128 valence electrons. The zero-order chi connectivity index (χ0) is 18.1. The average Bonchev–Trinajstić information content (AvgIpc) is 2.67. The van der Waals surface area contributed by atoms with Crippen LogP contribution in [0.4, 0.5) is 4.79 Å². The standard InChI is InChI=1S/C20H15N3O3/c24-17-20(18(25)23-19(26)22-17)11-15(13-7-3-1-4-8-13)21-16(12-20)14-9-5-2-6-10-14/h1-12,21H,(H2,22,23,24,25,26). The van der Waals surface area contributed by atoms with E-state index in [2.05, 4.69) is 16.0 Å². The minimum Gasteiger partial charge on any atom is -0.355 e. The van der Waals surface area contributed by atoms with Crippen LogP contribution in [0.3, 0.4) is 0 Å². The molecule has 2 aliphatic heterocycles. The number of amides is 4. The Morgan fingerprint density at radius 3 is 1.42 bits per heavy atom. The summed E-state index contributed by atoms with van der Waals surface area (Å²) in [4.78, 5) is 36.8. The van der Waals surface area contributed by atoms with Gasteiger partial charge in [0, 0.05) is 11.4 Å². The topological polar surface area (TPSA) is 87.3 Å². The number of hydrogen-bond donors (Lipinski definition) is 3. The van der Waals surface area contributed by atoms with Crippen molar-refractivity contribution in [1.29, 1.82) is 0 Å². The SMILES string of the molecule is O=C1NC(=O)C2(C=C(c3ccccc3)NC(c3ccccc3)=C2)C(=O)N1. The van der Waals surface area contributed by atoms with Gasteiger partial charge in [0.15, 0.2) is 5.41 Å². The number of carbonyl (C=O) groups excluding carboxylic acids is 3. The summed E-state index contributed by atoms with van der Waals surface area (Å²) in [6.45, 7) is 0. The highest BCUT2D eigenvalue weighted by Crippen LogP contribution is 2.36. The van der Waals surface area contributed by atoms with Gasteiger partial charge in [-0.2, -0.15) is 0 Å². The third-order valence-corrected chi connectivity index (χ3v) is 4.39. The van der Waals surface area contributed by atoms with Crippen molar-refractivity contribution in [2.24, 2.45) is 5.41 Å². The second kappa shape index (κ2) is 6.00. The molecule has 0 aliphatic carbocycles. The van der Waals surface area contributed by atoms with Crippen LogP contribution in [0.2, 0.25) is 0 Å². The van der Waals surface area contributed by atoms with Gasteiger partial charge in [-0.05, 0) is 23.3 Å². The largest absolute Gasteiger partial charge is 0.355 e. The number of hydrogen-bond acceptors (Lipinski definition) is 4. The van der Waals surface area contributed by atoms with Crippen LogP contribution < -0.4 is 16.0 Å². The molecule has 4 rings (SSSR count). The highest BCUT2D eigenvalue weighted by atomic mass is 16.2. The van der Waals surface area contributed by atoms with E-state index in [0.717, 1.165) is 11.1 Å². The third-order valence-electron chi connectivity index (χ3n) is 4.39. The Morgan fingerprint density at radius 1 is 0.577 bits per heavy atom. The number of nitrogens with one attached hydrogen (secondary N) is 3. The molecule has 0 aromatic heterocycles. The van der Waals surface area contributed by atoms with E-state index in [0.29, 0.717) is 11.4 Å². The van der Waals surface area contributed by atoms with Gasteiger partial charge in [0.1, 0.15) is 0 Å². The lowest BCUT2D eigenvalue weighted by atomic mass is 9.79. The molecule has 26 heavy (non-hydrogen) atoms. The molecule has 2 aromatic carbocycles. The molecule has 2 heterocycles. The van der Waals surface area contributed by atoms with Gasteiger partial charge in [0.05, 0.1) is 0 Å². The number of carbonyl (C=O) groups is 3. The van der Waals surface area contributed by atoms with Crippen molar-refractivity contribution in [2.75, 3.05) is 0 Å². The first-order valence-electron chi connectivity index (χ1n) is 8.09. The maximum atomic E-state index is 12.6. The summed E-state index contributed by atoms with van der Waals surface area (Å²) in [7, 11) is 0. The van der Waals surface area contributed by atoms with Crippen molar-refractivity contribution in [3.05, 3.63) is 83.9 Å². The van der Waals surface area contributed by atoms with Crippen molar-refractivity contribution < 1.29 is 14.4 Å². The number of dihydropyridines is 1. The van der Waals surface area contributed by atoms with Crippen LogP contribution in [0.1, 0.15) is 11.1 Å². The number of urea groups is 1. The Morgan fingerprint density at radius 2 is 1.00 bits per heavy atom. The second-order valence-electron chi connectivity index (χ2n) is 6.08. The van der Waals surface area contributed by atoms with E-state index >= 15 is 0 Å². The average molecular weight is 345 g/mol. The van der Waals surface area contributed by atoms with Crippen LogP contribution in [0.15, 0.2) is 72.8 Å². The predicted octanol–water partition coefficient (Wildman–Crippen LogP) is 2.02. The molecule has 0 atom stereocenters. The molecular weight excluding hydrogens is 330 g/mol. The molecule has 0 unspecified atom stereocenters. The highest BCUT2D eigenvalue weighted by molar-refractivity contribution is 6.23. The fraction of sp³-hybridized carbons (Fsp3) is 0.0500. The molecule has 2 aromatic rings. The van der Waals surface area contributed by atoms with Crippen LogP contribution in [0.5, 0.6) is 0 Å². The molecule has 0 bridgehead atoms. The first-order valence-corrected chi connectivity index (χ1v) is 8.09. The van der Waals surface area contributed by atoms with E-state index in [1.165, 1.54) is 0 Å². The van der Waals surface area contributed by atoms with E-state index < -0.39 is 23.3 Å². The number of imide groups is 2.